The molecule has 1 atom stereocenters. The fourth-order valence-corrected chi connectivity index (χ4v) is 0.975. The second-order valence-electron chi connectivity index (χ2n) is 4.46. The first-order valence-electron chi connectivity index (χ1n) is 5.13. The van der Waals surface area contributed by atoms with E-state index in [1.807, 2.05) is 0 Å². The van der Waals surface area contributed by atoms with E-state index >= 15 is 0 Å². The zero-order valence-corrected chi connectivity index (χ0v) is 10.2. The molecule has 0 aromatic rings. The lowest BCUT2D eigenvalue weighted by atomic mass is 10.2. The van der Waals surface area contributed by atoms with E-state index in [1.54, 1.807) is 27.7 Å². The van der Waals surface area contributed by atoms with Gasteiger partial charge in [-0.1, -0.05) is 0 Å². The molecule has 0 aliphatic heterocycles. The van der Waals surface area contributed by atoms with Gasteiger partial charge >= 0.3 is 12.1 Å². The van der Waals surface area contributed by atoms with E-state index in [4.69, 9.17) is 15.6 Å². The first-order chi connectivity index (χ1) is 7.17. The van der Waals surface area contributed by atoms with Gasteiger partial charge in [-0.05, 0) is 27.7 Å². The van der Waals surface area contributed by atoms with Gasteiger partial charge in [0.2, 0.25) is 0 Å². The normalized spacial score (nSPS) is 13.1. The zero-order chi connectivity index (χ0) is 12.9. The van der Waals surface area contributed by atoms with Gasteiger partial charge in [-0.3, -0.25) is 4.79 Å². The summed E-state index contributed by atoms with van der Waals surface area (Å²) in [5.41, 5.74) is 4.75. The van der Waals surface area contributed by atoms with E-state index in [1.165, 1.54) is 4.90 Å². The Hall–Kier alpha value is -1.30. The van der Waals surface area contributed by atoms with Gasteiger partial charge in [0.25, 0.3) is 0 Å². The summed E-state index contributed by atoms with van der Waals surface area (Å²) in [7, 11) is 0. The van der Waals surface area contributed by atoms with Crippen molar-refractivity contribution in [3.05, 3.63) is 0 Å². The molecule has 3 N–H and O–H groups in total. The number of nitrogens with zero attached hydrogens (tertiary/aromatic N) is 1. The molecule has 0 radical (unpaired) electrons. The van der Waals surface area contributed by atoms with Gasteiger partial charge < -0.3 is 20.5 Å². The van der Waals surface area contributed by atoms with Crippen LogP contribution in [-0.2, 0) is 9.53 Å². The van der Waals surface area contributed by atoms with Crippen molar-refractivity contribution in [2.45, 2.75) is 39.3 Å². The summed E-state index contributed by atoms with van der Waals surface area (Å²) in [4.78, 5) is 23.4. The molecular formula is C10H20N2O4. The molecule has 0 fully saturated rings. The van der Waals surface area contributed by atoms with Crippen molar-refractivity contribution in [3.63, 3.8) is 0 Å². The van der Waals surface area contributed by atoms with E-state index < -0.39 is 23.7 Å². The highest BCUT2D eigenvalue weighted by atomic mass is 16.6. The van der Waals surface area contributed by atoms with Gasteiger partial charge in [-0.15, -0.1) is 0 Å². The topological polar surface area (TPSA) is 92.9 Å². The Kier molecular flexibility index (Phi) is 5.23. The van der Waals surface area contributed by atoms with Crippen molar-refractivity contribution in [2.24, 2.45) is 5.73 Å². The number of likely N-dealkylation sites (N-methyl/N-ethyl adjacent to an activating group) is 1. The molecular weight excluding hydrogens is 212 g/mol. The number of carboxylic acids is 1. The monoisotopic (exact) mass is 232 g/mol. The molecule has 0 heterocycles. The van der Waals surface area contributed by atoms with Crippen LogP contribution >= 0.6 is 0 Å². The average molecular weight is 232 g/mol. The van der Waals surface area contributed by atoms with Gasteiger partial charge in [-0.25, -0.2) is 4.79 Å². The maximum atomic E-state index is 11.6. The first kappa shape index (κ1) is 14.7. The fourth-order valence-electron chi connectivity index (χ4n) is 0.975. The van der Waals surface area contributed by atoms with Crippen LogP contribution in [0.5, 0.6) is 0 Å². The van der Waals surface area contributed by atoms with E-state index in [0.717, 1.165) is 0 Å². The van der Waals surface area contributed by atoms with Gasteiger partial charge in [0, 0.05) is 13.1 Å². The number of carboxylic acid groups (broad SMARTS) is 1. The Bertz CT molecular complexity index is 260. The Labute approximate surface area is 95.4 Å². The summed E-state index contributed by atoms with van der Waals surface area (Å²) in [6, 6.07) is -1.09. The summed E-state index contributed by atoms with van der Waals surface area (Å²) in [6.07, 6.45) is -0.549. The number of carbonyl (C=O) groups excluding carboxylic acids is 1. The smallest absolute Gasteiger partial charge is 0.410 e. The number of hydrogen-bond acceptors (Lipinski definition) is 4. The second kappa shape index (κ2) is 5.69. The molecule has 0 aromatic heterocycles. The summed E-state index contributed by atoms with van der Waals surface area (Å²) in [5.74, 6) is -1.14. The molecule has 16 heavy (non-hydrogen) atoms. The van der Waals surface area contributed by atoms with Gasteiger partial charge in [0.05, 0.1) is 0 Å². The maximum absolute atomic E-state index is 11.6. The molecule has 0 bridgehead atoms. The van der Waals surface area contributed by atoms with E-state index in [-0.39, 0.29) is 6.54 Å². The fraction of sp³-hybridized carbons (Fsp3) is 0.800. The van der Waals surface area contributed by atoms with Crippen LogP contribution in [0, 0.1) is 0 Å². The number of aliphatic carboxylic acids is 1. The average Bonchev–Trinajstić information content (AvgIpc) is 2.10. The lowest BCUT2D eigenvalue weighted by molar-refractivity contribution is -0.138. The molecule has 0 unspecified atom stereocenters. The van der Waals surface area contributed by atoms with Gasteiger partial charge in [0.1, 0.15) is 11.6 Å². The molecule has 6 heteroatoms. The predicted octanol–water partition coefficient (Wildman–Crippen LogP) is 0.655. The Morgan fingerprint density at radius 1 is 1.44 bits per heavy atom. The van der Waals surface area contributed by atoms with Crippen molar-refractivity contribution >= 4 is 12.1 Å². The maximum Gasteiger partial charge on any atom is 0.410 e. The third-order valence-corrected chi connectivity index (χ3v) is 1.77. The van der Waals surface area contributed by atoms with Crippen LogP contribution in [0.25, 0.3) is 0 Å². The third-order valence-electron chi connectivity index (χ3n) is 1.77. The Balaban J connectivity index is 4.39. The largest absolute Gasteiger partial charge is 0.480 e. The highest BCUT2D eigenvalue weighted by Gasteiger charge is 2.24. The molecule has 0 rings (SSSR count). The van der Waals surface area contributed by atoms with Crippen molar-refractivity contribution < 1.29 is 19.4 Å². The van der Waals surface area contributed by atoms with Crippen LogP contribution in [-0.4, -0.2) is 46.8 Å². The molecule has 0 saturated heterocycles. The molecule has 0 aliphatic rings. The lowest BCUT2D eigenvalue weighted by Crippen LogP contribution is -2.46. The minimum Gasteiger partial charge on any atom is -0.480 e. The van der Waals surface area contributed by atoms with E-state index in [9.17, 15) is 9.59 Å². The Morgan fingerprint density at radius 2 is 1.94 bits per heavy atom. The molecule has 0 saturated carbocycles. The number of rotatable bonds is 4. The molecule has 1 amide bonds. The number of carbonyl (C=O) groups is 2. The number of ether oxygens (including phenoxy) is 1. The minimum atomic E-state index is -1.14. The second-order valence-corrected chi connectivity index (χ2v) is 4.46. The highest BCUT2D eigenvalue weighted by Crippen LogP contribution is 2.09. The summed E-state index contributed by atoms with van der Waals surface area (Å²) >= 11 is 0. The summed E-state index contributed by atoms with van der Waals surface area (Å²) in [5, 5.41) is 8.64. The number of nitrogens with two attached hydrogens (primary N) is 1. The number of amides is 1. The first-order valence-corrected chi connectivity index (χ1v) is 5.13. The number of hydrogen-bond donors (Lipinski definition) is 2. The molecule has 0 aromatic carbocycles. The summed E-state index contributed by atoms with van der Waals surface area (Å²) in [6.45, 7) is 7.27. The standard InChI is InChI=1S/C10H20N2O4/c1-5-12(6-7(11)8(13)14)9(15)16-10(2,3)4/h7H,5-6,11H2,1-4H3,(H,13,14)/t7-/m1/s1. The van der Waals surface area contributed by atoms with Crippen LogP contribution in [0.2, 0.25) is 0 Å². The van der Waals surface area contributed by atoms with Crippen LogP contribution in [0.1, 0.15) is 27.7 Å². The molecule has 6 nitrogen and oxygen atoms in total. The van der Waals surface area contributed by atoms with Crippen molar-refractivity contribution in [2.75, 3.05) is 13.1 Å². The SMILES string of the molecule is CCN(C[C@@H](N)C(=O)O)C(=O)OC(C)(C)C. The van der Waals surface area contributed by atoms with Crippen LogP contribution in [0.15, 0.2) is 0 Å². The van der Waals surface area contributed by atoms with Gasteiger partial charge in [0.15, 0.2) is 0 Å². The summed E-state index contributed by atoms with van der Waals surface area (Å²) < 4.78 is 5.11. The van der Waals surface area contributed by atoms with Crippen LogP contribution < -0.4 is 5.73 Å². The quantitative estimate of drug-likeness (QED) is 0.742. The minimum absolute atomic E-state index is 0.0548. The molecule has 0 spiro atoms. The Morgan fingerprint density at radius 3 is 2.25 bits per heavy atom. The van der Waals surface area contributed by atoms with Gasteiger partial charge in [-0.2, -0.15) is 0 Å². The third kappa shape index (κ3) is 5.55. The van der Waals surface area contributed by atoms with Crippen molar-refractivity contribution in [1.29, 1.82) is 0 Å². The molecule has 94 valence electrons. The van der Waals surface area contributed by atoms with Crippen LogP contribution in [0.4, 0.5) is 4.79 Å². The zero-order valence-electron chi connectivity index (χ0n) is 10.2. The van der Waals surface area contributed by atoms with Crippen LogP contribution in [0.3, 0.4) is 0 Å². The van der Waals surface area contributed by atoms with E-state index in [2.05, 4.69) is 0 Å². The van der Waals surface area contributed by atoms with Crippen molar-refractivity contribution in [1.82, 2.24) is 4.90 Å². The van der Waals surface area contributed by atoms with E-state index in [0.29, 0.717) is 6.54 Å². The molecule has 0 aliphatic carbocycles. The lowest BCUT2D eigenvalue weighted by Gasteiger charge is -2.27. The van der Waals surface area contributed by atoms with Crippen molar-refractivity contribution in [3.8, 4) is 0 Å². The predicted molar refractivity (Wildman–Crippen MR) is 59.1 cm³/mol. The highest BCUT2D eigenvalue weighted by molar-refractivity contribution is 5.75.